The number of amides is 1. The highest BCUT2D eigenvalue weighted by molar-refractivity contribution is 6.04. The lowest BCUT2D eigenvalue weighted by Crippen LogP contribution is -2.31. The predicted octanol–water partition coefficient (Wildman–Crippen LogP) is 3.95. The zero-order chi connectivity index (χ0) is 25.8. The second-order valence-electron chi connectivity index (χ2n) is 9.60. The van der Waals surface area contributed by atoms with Gasteiger partial charge in [-0.1, -0.05) is 18.2 Å². The SMILES string of the molecule is Cc1nc(N[C@H](C)c2cccc(C(F)F)c2F)c2cc(C(=O)N3C[C@H]4COC[C@H]4C3)c3ncnn3c2n1. The largest absolute Gasteiger partial charge is 0.381 e. The lowest BCUT2D eigenvalue weighted by atomic mass is 10.0. The number of carbonyl (C=O) groups is 1. The average Bonchev–Trinajstić information content (AvgIpc) is 3.60. The number of alkyl halides is 2. The second kappa shape index (κ2) is 8.94. The number of likely N-dealkylation sites (tertiary alicyclic amines) is 1. The molecule has 2 fully saturated rings. The van der Waals surface area contributed by atoms with Crippen molar-refractivity contribution in [2.75, 3.05) is 31.6 Å². The number of pyridine rings is 1. The Morgan fingerprint density at radius 3 is 2.59 bits per heavy atom. The highest BCUT2D eigenvalue weighted by Crippen LogP contribution is 2.33. The number of anilines is 1. The molecule has 2 saturated heterocycles. The predicted molar refractivity (Wildman–Crippen MR) is 128 cm³/mol. The number of rotatable bonds is 5. The number of aryl methyl sites for hydroxylation is 1. The summed E-state index contributed by atoms with van der Waals surface area (Å²) >= 11 is 0. The summed E-state index contributed by atoms with van der Waals surface area (Å²) in [5.74, 6) is 0.236. The zero-order valence-electron chi connectivity index (χ0n) is 20.2. The highest BCUT2D eigenvalue weighted by Gasteiger charge is 2.40. The van der Waals surface area contributed by atoms with Gasteiger partial charge in [-0.05, 0) is 19.9 Å². The van der Waals surface area contributed by atoms with E-state index >= 15 is 0 Å². The van der Waals surface area contributed by atoms with E-state index in [4.69, 9.17) is 4.74 Å². The first kappa shape index (κ1) is 23.6. The Hall–Kier alpha value is -3.80. The topological polar surface area (TPSA) is 97.5 Å². The van der Waals surface area contributed by atoms with Crippen molar-refractivity contribution in [3.63, 3.8) is 0 Å². The molecular weight excluding hydrogens is 487 g/mol. The molecule has 5 heterocycles. The van der Waals surface area contributed by atoms with E-state index in [1.54, 1.807) is 19.9 Å². The lowest BCUT2D eigenvalue weighted by molar-refractivity contribution is 0.0752. The van der Waals surface area contributed by atoms with Gasteiger partial charge in [-0.3, -0.25) is 4.79 Å². The summed E-state index contributed by atoms with van der Waals surface area (Å²) < 4.78 is 48.4. The van der Waals surface area contributed by atoms with Crippen LogP contribution in [-0.2, 0) is 4.74 Å². The fourth-order valence-corrected chi connectivity index (χ4v) is 5.29. The number of hydrogen-bond donors (Lipinski definition) is 1. The van der Waals surface area contributed by atoms with Gasteiger partial charge in [-0.2, -0.15) is 9.61 Å². The third kappa shape index (κ3) is 3.95. The van der Waals surface area contributed by atoms with Crippen molar-refractivity contribution in [1.29, 1.82) is 0 Å². The fraction of sp³-hybridized carbons (Fsp3) is 0.400. The lowest BCUT2D eigenvalue weighted by Gasteiger charge is -2.20. The molecule has 0 bridgehead atoms. The molecule has 0 spiro atoms. The molecule has 0 aliphatic carbocycles. The molecule has 0 radical (unpaired) electrons. The molecule has 3 atom stereocenters. The van der Waals surface area contributed by atoms with Crippen LogP contribution in [0.2, 0.25) is 0 Å². The summed E-state index contributed by atoms with van der Waals surface area (Å²) in [6.45, 7) is 5.86. The molecule has 1 aromatic carbocycles. The number of benzene rings is 1. The van der Waals surface area contributed by atoms with Crippen LogP contribution in [0, 0.1) is 24.6 Å². The monoisotopic (exact) mass is 511 g/mol. The summed E-state index contributed by atoms with van der Waals surface area (Å²) in [5, 5.41) is 7.91. The maximum atomic E-state index is 14.8. The van der Waals surface area contributed by atoms with Crippen molar-refractivity contribution in [2.24, 2.45) is 11.8 Å². The van der Waals surface area contributed by atoms with E-state index in [0.717, 1.165) is 6.07 Å². The Bertz CT molecular complexity index is 1510. The van der Waals surface area contributed by atoms with Gasteiger partial charge >= 0.3 is 0 Å². The Labute approximate surface area is 209 Å². The normalized spacial score (nSPS) is 20.2. The molecule has 9 nitrogen and oxygen atoms in total. The summed E-state index contributed by atoms with van der Waals surface area (Å²) in [7, 11) is 0. The smallest absolute Gasteiger partial charge is 0.266 e. The minimum atomic E-state index is -2.93. The molecule has 192 valence electrons. The summed E-state index contributed by atoms with van der Waals surface area (Å²) in [4.78, 5) is 28.8. The second-order valence-corrected chi connectivity index (χ2v) is 9.60. The molecule has 37 heavy (non-hydrogen) atoms. The van der Waals surface area contributed by atoms with Gasteiger partial charge in [0.25, 0.3) is 12.3 Å². The number of aromatic nitrogens is 5. The number of fused-ring (bicyclic) bond motifs is 4. The van der Waals surface area contributed by atoms with Gasteiger partial charge in [0.05, 0.1) is 35.8 Å². The van der Waals surface area contributed by atoms with Crippen LogP contribution in [0.4, 0.5) is 19.0 Å². The molecule has 12 heteroatoms. The van der Waals surface area contributed by atoms with E-state index in [-0.39, 0.29) is 11.5 Å². The zero-order valence-corrected chi connectivity index (χ0v) is 20.2. The summed E-state index contributed by atoms with van der Waals surface area (Å²) in [6, 6.07) is 4.88. The first-order valence-corrected chi connectivity index (χ1v) is 12.0. The summed E-state index contributed by atoms with van der Waals surface area (Å²) in [6.07, 6.45) is -1.57. The Balaban J connectivity index is 1.42. The van der Waals surface area contributed by atoms with Gasteiger partial charge in [-0.15, -0.1) is 0 Å². The number of nitrogens with one attached hydrogen (secondary N) is 1. The van der Waals surface area contributed by atoms with Crippen LogP contribution < -0.4 is 5.32 Å². The molecule has 4 aromatic rings. The molecule has 0 unspecified atom stereocenters. The highest BCUT2D eigenvalue weighted by atomic mass is 19.3. The summed E-state index contributed by atoms with van der Waals surface area (Å²) in [5.41, 5.74) is 0.553. The van der Waals surface area contributed by atoms with E-state index in [1.807, 2.05) is 4.90 Å². The van der Waals surface area contributed by atoms with Gasteiger partial charge in [0.15, 0.2) is 11.3 Å². The minimum Gasteiger partial charge on any atom is -0.381 e. The van der Waals surface area contributed by atoms with Crippen molar-refractivity contribution in [1.82, 2.24) is 29.5 Å². The number of halogens is 3. The molecule has 6 rings (SSSR count). The molecule has 1 amide bonds. The Morgan fingerprint density at radius 2 is 1.86 bits per heavy atom. The molecular formula is C25H24F3N7O2. The van der Waals surface area contributed by atoms with Crippen LogP contribution in [-0.4, -0.2) is 61.7 Å². The third-order valence-electron chi connectivity index (χ3n) is 7.19. The standard InChI is InChI=1S/C25H24F3N7O2/c1-12(16-4-3-5-17(20(16)26)21(27)28)31-22-18-6-19(25(36)34-7-14-9-37-10-15(14)8-34)23-29-11-30-35(23)24(18)33-13(2)32-22/h3-6,11-12,14-15,21H,7-10H2,1-2H3,(H,31,32,33)/t12-,14-,15+/m1/s1. The van der Waals surface area contributed by atoms with Crippen LogP contribution in [0.3, 0.4) is 0 Å². The van der Waals surface area contributed by atoms with Gasteiger partial charge in [0.1, 0.15) is 23.8 Å². The van der Waals surface area contributed by atoms with Gasteiger partial charge in [0, 0.05) is 30.5 Å². The Morgan fingerprint density at radius 1 is 1.14 bits per heavy atom. The Kier molecular flexibility index (Phi) is 5.70. The van der Waals surface area contributed by atoms with Crippen molar-refractivity contribution in [3.05, 3.63) is 58.9 Å². The van der Waals surface area contributed by atoms with Crippen LogP contribution in [0.5, 0.6) is 0 Å². The van der Waals surface area contributed by atoms with Crippen LogP contribution in [0.15, 0.2) is 30.6 Å². The van der Waals surface area contributed by atoms with Crippen molar-refractivity contribution >= 4 is 28.4 Å². The molecule has 2 aliphatic heterocycles. The first-order chi connectivity index (χ1) is 17.8. The molecule has 0 saturated carbocycles. The maximum Gasteiger partial charge on any atom is 0.266 e. The van der Waals surface area contributed by atoms with E-state index in [2.05, 4.69) is 25.4 Å². The van der Waals surface area contributed by atoms with Crippen molar-refractivity contribution in [2.45, 2.75) is 26.3 Å². The number of ether oxygens (including phenoxy) is 1. The van der Waals surface area contributed by atoms with Crippen LogP contribution >= 0.6 is 0 Å². The first-order valence-electron chi connectivity index (χ1n) is 12.0. The van der Waals surface area contributed by atoms with E-state index in [0.29, 0.717) is 72.0 Å². The van der Waals surface area contributed by atoms with Crippen molar-refractivity contribution in [3.8, 4) is 0 Å². The van der Waals surface area contributed by atoms with E-state index < -0.39 is 23.8 Å². The van der Waals surface area contributed by atoms with Crippen molar-refractivity contribution < 1.29 is 22.7 Å². The maximum absolute atomic E-state index is 14.8. The van der Waals surface area contributed by atoms with Crippen LogP contribution in [0.25, 0.3) is 16.7 Å². The molecule has 3 aromatic heterocycles. The molecule has 1 N–H and O–H groups in total. The minimum absolute atomic E-state index is 0.0752. The van der Waals surface area contributed by atoms with E-state index in [9.17, 15) is 18.0 Å². The van der Waals surface area contributed by atoms with Gasteiger partial charge in [-0.25, -0.2) is 28.1 Å². The number of carbonyl (C=O) groups excluding carboxylic acids is 1. The van der Waals surface area contributed by atoms with E-state index in [1.165, 1.54) is 23.0 Å². The average molecular weight is 512 g/mol. The molecule has 2 aliphatic rings. The number of nitrogens with zero attached hydrogens (tertiary/aromatic N) is 6. The third-order valence-corrected chi connectivity index (χ3v) is 7.19. The number of hydrogen-bond acceptors (Lipinski definition) is 7. The quantitative estimate of drug-likeness (QED) is 0.433. The van der Waals surface area contributed by atoms with Gasteiger partial charge < -0.3 is 15.0 Å². The van der Waals surface area contributed by atoms with Crippen LogP contribution in [0.1, 0.15) is 46.7 Å². The fourth-order valence-electron chi connectivity index (χ4n) is 5.29. The van der Waals surface area contributed by atoms with Gasteiger partial charge in [0.2, 0.25) is 0 Å².